The maximum Gasteiger partial charge on any atom is 0.335 e. The van der Waals surface area contributed by atoms with Gasteiger partial charge in [-0.1, -0.05) is 0 Å². The zero-order valence-electron chi connectivity index (χ0n) is 9.40. The van der Waals surface area contributed by atoms with Crippen LogP contribution in [0.4, 0.5) is 0 Å². The van der Waals surface area contributed by atoms with Crippen molar-refractivity contribution in [2.24, 2.45) is 0 Å². The molecule has 0 saturated heterocycles. The lowest BCUT2D eigenvalue weighted by Crippen LogP contribution is -2.11. The van der Waals surface area contributed by atoms with Crippen molar-refractivity contribution in [1.29, 1.82) is 0 Å². The Bertz CT molecular complexity index is 392. The largest absolute Gasteiger partial charge is 0.490 e. The van der Waals surface area contributed by atoms with E-state index >= 15 is 0 Å². The normalized spacial score (nSPS) is 16.3. The van der Waals surface area contributed by atoms with E-state index in [4.69, 9.17) is 9.84 Å². The van der Waals surface area contributed by atoms with E-state index in [1.807, 2.05) is 6.07 Å². The molecule has 1 aliphatic rings. The number of carbonyl (C=O) groups is 1. The molecule has 0 spiro atoms. The minimum atomic E-state index is -0.884. The average molecular weight is 220 g/mol. The lowest BCUT2D eigenvalue weighted by molar-refractivity contribution is 0.0696. The first-order valence-electron chi connectivity index (χ1n) is 5.67. The highest BCUT2D eigenvalue weighted by Crippen LogP contribution is 2.25. The van der Waals surface area contributed by atoms with Crippen molar-refractivity contribution in [3.05, 3.63) is 29.3 Å². The van der Waals surface area contributed by atoms with E-state index in [0.717, 1.165) is 24.2 Å². The average Bonchev–Trinajstić information content (AvgIpc) is 2.70. The molecular formula is C13H16O3. The van der Waals surface area contributed by atoms with Gasteiger partial charge in [0.25, 0.3) is 0 Å². The van der Waals surface area contributed by atoms with Crippen LogP contribution in [0.1, 0.15) is 41.6 Å². The summed E-state index contributed by atoms with van der Waals surface area (Å²) < 4.78 is 5.80. The topological polar surface area (TPSA) is 46.5 Å². The van der Waals surface area contributed by atoms with Crippen LogP contribution >= 0.6 is 0 Å². The number of hydrogen-bond donors (Lipinski definition) is 1. The van der Waals surface area contributed by atoms with Gasteiger partial charge >= 0.3 is 5.97 Å². The quantitative estimate of drug-likeness (QED) is 0.851. The van der Waals surface area contributed by atoms with Crippen LogP contribution in [0.5, 0.6) is 5.75 Å². The second-order valence-corrected chi connectivity index (χ2v) is 4.31. The number of hydrogen-bond acceptors (Lipinski definition) is 2. The van der Waals surface area contributed by atoms with Gasteiger partial charge < -0.3 is 9.84 Å². The summed E-state index contributed by atoms with van der Waals surface area (Å²) in [5, 5.41) is 8.90. The number of aryl methyl sites for hydroxylation is 1. The van der Waals surface area contributed by atoms with E-state index in [1.54, 1.807) is 19.1 Å². The van der Waals surface area contributed by atoms with Gasteiger partial charge in [-0.2, -0.15) is 0 Å². The Balaban J connectivity index is 2.11. The monoisotopic (exact) mass is 220 g/mol. The predicted octanol–water partition coefficient (Wildman–Crippen LogP) is 3.01. The minimum absolute atomic E-state index is 0.315. The van der Waals surface area contributed by atoms with Crippen molar-refractivity contribution in [2.45, 2.75) is 38.7 Å². The predicted molar refractivity (Wildman–Crippen MR) is 61.0 cm³/mol. The van der Waals surface area contributed by atoms with Crippen LogP contribution in [0, 0.1) is 6.92 Å². The van der Waals surface area contributed by atoms with E-state index in [-0.39, 0.29) is 0 Å². The second-order valence-electron chi connectivity index (χ2n) is 4.31. The highest BCUT2D eigenvalue weighted by molar-refractivity contribution is 5.89. The molecule has 0 heterocycles. The molecule has 0 atom stereocenters. The Labute approximate surface area is 95.0 Å². The third-order valence-corrected chi connectivity index (χ3v) is 3.03. The molecule has 1 aromatic rings. The zero-order valence-corrected chi connectivity index (χ0v) is 9.40. The van der Waals surface area contributed by atoms with Gasteiger partial charge in [-0.25, -0.2) is 4.79 Å². The van der Waals surface area contributed by atoms with Crippen molar-refractivity contribution >= 4 is 5.97 Å². The lowest BCUT2D eigenvalue weighted by Gasteiger charge is -2.13. The molecule has 0 amide bonds. The van der Waals surface area contributed by atoms with Crippen LogP contribution in [0.15, 0.2) is 18.2 Å². The molecule has 0 aromatic heterocycles. The summed E-state index contributed by atoms with van der Waals surface area (Å²) in [6, 6.07) is 5.17. The Hall–Kier alpha value is -1.51. The van der Waals surface area contributed by atoms with E-state index in [2.05, 4.69) is 0 Å². The van der Waals surface area contributed by atoms with Crippen LogP contribution in [-0.4, -0.2) is 17.2 Å². The molecule has 0 aliphatic heterocycles. The maximum absolute atomic E-state index is 10.8. The molecule has 0 bridgehead atoms. The van der Waals surface area contributed by atoms with E-state index in [1.165, 1.54) is 12.8 Å². The van der Waals surface area contributed by atoms with Gasteiger partial charge in [0.2, 0.25) is 0 Å². The maximum atomic E-state index is 10.8. The fraction of sp³-hybridized carbons (Fsp3) is 0.462. The number of rotatable bonds is 3. The van der Waals surface area contributed by atoms with Crippen LogP contribution < -0.4 is 4.74 Å². The number of carboxylic acids is 1. The molecule has 1 fully saturated rings. The standard InChI is InChI=1S/C13H16O3/c1-9-8-11(6-7-12(9)13(14)15)16-10-4-2-3-5-10/h6-8,10H,2-5H2,1H3,(H,14,15). The van der Waals surface area contributed by atoms with Gasteiger partial charge in [0.1, 0.15) is 5.75 Å². The van der Waals surface area contributed by atoms with Gasteiger partial charge in [0.05, 0.1) is 11.7 Å². The summed E-state index contributed by atoms with van der Waals surface area (Å²) in [6.07, 6.45) is 5.00. The van der Waals surface area contributed by atoms with Crippen molar-refractivity contribution in [1.82, 2.24) is 0 Å². The van der Waals surface area contributed by atoms with E-state index in [0.29, 0.717) is 11.7 Å². The Kier molecular flexibility index (Phi) is 3.13. The summed E-state index contributed by atoms with van der Waals surface area (Å²) in [6.45, 7) is 1.80. The Morgan fingerprint density at radius 1 is 1.38 bits per heavy atom. The third kappa shape index (κ3) is 2.35. The smallest absolute Gasteiger partial charge is 0.335 e. The van der Waals surface area contributed by atoms with Crippen molar-refractivity contribution in [2.75, 3.05) is 0 Å². The molecule has 3 nitrogen and oxygen atoms in total. The molecule has 86 valence electrons. The van der Waals surface area contributed by atoms with Gasteiger partial charge in [-0.15, -0.1) is 0 Å². The summed E-state index contributed by atoms with van der Waals surface area (Å²) in [5.41, 5.74) is 1.10. The van der Waals surface area contributed by atoms with E-state index in [9.17, 15) is 4.79 Å². The summed E-state index contributed by atoms with van der Waals surface area (Å²) in [7, 11) is 0. The first-order chi connectivity index (χ1) is 7.66. The van der Waals surface area contributed by atoms with Crippen molar-refractivity contribution < 1.29 is 14.6 Å². The SMILES string of the molecule is Cc1cc(OC2CCCC2)ccc1C(=O)O. The first-order valence-corrected chi connectivity index (χ1v) is 5.67. The van der Waals surface area contributed by atoms with Crippen LogP contribution in [0.25, 0.3) is 0 Å². The van der Waals surface area contributed by atoms with Crippen molar-refractivity contribution in [3.8, 4) is 5.75 Å². The fourth-order valence-electron chi connectivity index (χ4n) is 2.15. The Morgan fingerprint density at radius 2 is 2.06 bits per heavy atom. The Morgan fingerprint density at radius 3 is 2.62 bits per heavy atom. The van der Waals surface area contributed by atoms with Crippen LogP contribution in [0.2, 0.25) is 0 Å². The molecule has 1 saturated carbocycles. The first kappa shape index (κ1) is 11.0. The van der Waals surface area contributed by atoms with Gasteiger partial charge in [-0.3, -0.25) is 0 Å². The number of benzene rings is 1. The minimum Gasteiger partial charge on any atom is -0.490 e. The zero-order chi connectivity index (χ0) is 11.5. The fourth-order valence-corrected chi connectivity index (χ4v) is 2.15. The molecule has 0 unspecified atom stereocenters. The van der Waals surface area contributed by atoms with Crippen molar-refractivity contribution in [3.63, 3.8) is 0 Å². The molecule has 1 aromatic carbocycles. The lowest BCUT2D eigenvalue weighted by atomic mass is 10.1. The highest BCUT2D eigenvalue weighted by atomic mass is 16.5. The number of aromatic carboxylic acids is 1. The molecule has 2 rings (SSSR count). The summed E-state index contributed by atoms with van der Waals surface area (Å²) in [5.74, 6) is -0.0979. The summed E-state index contributed by atoms with van der Waals surface area (Å²) >= 11 is 0. The summed E-state index contributed by atoms with van der Waals surface area (Å²) in [4.78, 5) is 10.8. The molecule has 1 aliphatic carbocycles. The number of carboxylic acid groups (broad SMARTS) is 1. The molecule has 0 radical (unpaired) electrons. The molecule has 16 heavy (non-hydrogen) atoms. The third-order valence-electron chi connectivity index (χ3n) is 3.03. The van der Waals surface area contributed by atoms with Crippen LogP contribution in [0.3, 0.4) is 0 Å². The molecule has 1 N–H and O–H groups in total. The molecular weight excluding hydrogens is 204 g/mol. The van der Waals surface area contributed by atoms with Gasteiger partial charge in [0, 0.05) is 0 Å². The van der Waals surface area contributed by atoms with Gasteiger partial charge in [0.15, 0.2) is 0 Å². The number of ether oxygens (including phenoxy) is 1. The van der Waals surface area contributed by atoms with Crippen LogP contribution in [-0.2, 0) is 0 Å². The highest BCUT2D eigenvalue weighted by Gasteiger charge is 2.17. The van der Waals surface area contributed by atoms with E-state index < -0.39 is 5.97 Å². The second kappa shape index (κ2) is 4.56. The van der Waals surface area contributed by atoms with Gasteiger partial charge in [-0.05, 0) is 56.4 Å². The molecule has 3 heteroatoms.